The number of nitrogens with one attached hydrogen (secondary N) is 1. The Morgan fingerprint density at radius 1 is 0.806 bits per heavy atom. The molecule has 2 rings (SSSR count). The number of carbonyl (C=O) groups is 1. The van der Waals surface area contributed by atoms with E-state index >= 15 is 0 Å². The number of amides is 1. The van der Waals surface area contributed by atoms with E-state index in [1.54, 1.807) is 0 Å². The van der Waals surface area contributed by atoms with E-state index < -0.39 is 57.4 Å². The highest BCUT2D eigenvalue weighted by Crippen LogP contribution is 2.60. The predicted molar refractivity (Wildman–Crippen MR) is 93.6 cm³/mol. The molecule has 2 aromatic rings. The molecule has 0 bridgehead atoms. The van der Waals surface area contributed by atoms with Crippen molar-refractivity contribution in [3.05, 3.63) is 39.8 Å². The second kappa shape index (κ2) is 8.73. The smallest absolute Gasteiger partial charge is 0.296 e. The number of non-ortho nitro benzene ring substituents is 1. The van der Waals surface area contributed by atoms with Crippen molar-refractivity contribution in [3.63, 3.8) is 0 Å². The van der Waals surface area contributed by atoms with Crippen LogP contribution < -0.4 is 5.32 Å². The molecule has 20 heteroatoms. The molecular formula is C16H6F13N3O3S. The highest BCUT2D eigenvalue weighted by molar-refractivity contribution is 7.14. The van der Waals surface area contributed by atoms with Crippen LogP contribution in [-0.2, 0) is 4.79 Å². The van der Waals surface area contributed by atoms with E-state index in [1.165, 1.54) is 0 Å². The van der Waals surface area contributed by atoms with Gasteiger partial charge in [0.15, 0.2) is 5.13 Å². The lowest BCUT2D eigenvalue weighted by Crippen LogP contribution is -2.71. The lowest BCUT2D eigenvalue weighted by molar-refractivity contribution is -0.435. The van der Waals surface area contributed by atoms with Crippen LogP contribution in [0.4, 0.5) is 67.9 Å². The molecule has 0 aliphatic heterocycles. The Morgan fingerprint density at radius 3 is 1.72 bits per heavy atom. The minimum Gasteiger partial charge on any atom is -0.296 e. The van der Waals surface area contributed by atoms with Crippen molar-refractivity contribution >= 4 is 28.1 Å². The van der Waals surface area contributed by atoms with Crippen LogP contribution in [0.25, 0.3) is 11.3 Å². The molecular weight excluding hydrogens is 561 g/mol. The number of hydrogen-bond donors (Lipinski definition) is 1. The van der Waals surface area contributed by atoms with Gasteiger partial charge in [0.05, 0.1) is 10.6 Å². The summed E-state index contributed by atoms with van der Waals surface area (Å²) in [6, 6.07) is 4.01. The SMILES string of the molecule is O=C(Nc1nc(-c2ccc([N+](=O)[O-])cc2)cs1)C(F)(F)C(F)(F)C(F)(F)C(F)(F)C(F)(F)C(F)(F)F. The fourth-order valence-corrected chi connectivity index (χ4v) is 3.02. The minimum atomic E-state index is -8.13. The lowest BCUT2D eigenvalue weighted by Gasteiger charge is -2.39. The highest BCUT2D eigenvalue weighted by Gasteiger charge is 2.91. The molecule has 1 N–H and O–H groups in total. The number of rotatable bonds is 8. The number of nitro benzene ring substituents is 1. The predicted octanol–water partition coefficient (Wildman–Crippen LogP) is 6.40. The summed E-state index contributed by atoms with van der Waals surface area (Å²) in [5.41, 5.74) is -0.629. The van der Waals surface area contributed by atoms with E-state index in [4.69, 9.17) is 0 Å². The highest BCUT2D eigenvalue weighted by atomic mass is 32.1. The van der Waals surface area contributed by atoms with Crippen molar-refractivity contribution in [2.45, 2.75) is 35.8 Å². The molecule has 0 atom stereocenters. The molecule has 0 aliphatic carbocycles. The standard InChI is InChI=1S/C16H6F13N3O3S/c17-11(18,12(19,20)13(21,22)14(23,24)15(25,26)16(27,28)29)9(33)31-10-30-8(5-36-10)6-1-3-7(4-2-6)32(34)35/h1-5H,(H,30,31,33). The summed E-state index contributed by atoms with van der Waals surface area (Å²) in [4.78, 5) is 24.7. The number of anilines is 1. The third kappa shape index (κ3) is 4.41. The first kappa shape index (κ1) is 29.0. The summed E-state index contributed by atoms with van der Waals surface area (Å²) >= 11 is 0.171. The molecule has 1 aromatic carbocycles. The normalized spacial score (nSPS) is 14.0. The summed E-state index contributed by atoms with van der Waals surface area (Å²) in [6.45, 7) is 0. The summed E-state index contributed by atoms with van der Waals surface area (Å²) in [6.07, 6.45) is -7.57. The van der Waals surface area contributed by atoms with Gasteiger partial charge in [-0.1, -0.05) is 0 Å². The summed E-state index contributed by atoms with van der Waals surface area (Å²) < 4.78 is 171. The Kier molecular flexibility index (Phi) is 7.04. The van der Waals surface area contributed by atoms with Gasteiger partial charge in [-0.05, 0) is 12.1 Å². The van der Waals surface area contributed by atoms with Crippen LogP contribution in [0.2, 0.25) is 0 Å². The van der Waals surface area contributed by atoms with E-state index in [2.05, 4.69) is 4.98 Å². The van der Waals surface area contributed by atoms with Gasteiger partial charge in [-0.2, -0.15) is 57.1 Å². The van der Waals surface area contributed by atoms with Crippen LogP contribution in [0.3, 0.4) is 0 Å². The number of aromatic nitrogens is 1. The minimum absolute atomic E-state index is 0.0231. The van der Waals surface area contributed by atoms with E-state index in [1.807, 2.05) is 0 Å². The van der Waals surface area contributed by atoms with Crippen molar-refractivity contribution in [1.29, 1.82) is 0 Å². The zero-order valence-electron chi connectivity index (χ0n) is 16.3. The summed E-state index contributed by atoms with van der Waals surface area (Å²) in [7, 11) is 0. The van der Waals surface area contributed by atoms with Gasteiger partial charge < -0.3 is 0 Å². The van der Waals surface area contributed by atoms with Crippen LogP contribution >= 0.6 is 11.3 Å². The molecule has 1 heterocycles. The van der Waals surface area contributed by atoms with Gasteiger partial charge >= 0.3 is 41.7 Å². The van der Waals surface area contributed by atoms with Crippen molar-refractivity contribution in [1.82, 2.24) is 4.98 Å². The molecule has 1 aromatic heterocycles. The molecule has 0 saturated heterocycles. The van der Waals surface area contributed by atoms with E-state index in [0.29, 0.717) is 0 Å². The maximum Gasteiger partial charge on any atom is 0.460 e. The van der Waals surface area contributed by atoms with Gasteiger partial charge in [0.1, 0.15) is 0 Å². The summed E-state index contributed by atoms with van der Waals surface area (Å²) in [5.74, 6) is -42.4. The Morgan fingerprint density at radius 2 is 1.28 bits per heavy atom. The molecule has 36 heavy (non-hydrogen) atoms. The van der Waals surface area contributed by atoms with Gasteiger partial charge in [0, 0.05) is 23.1 Å². The van der Waals surface area contributed by atoms with E-state index in [9.17, 15) is 72.0 Å². The molecule has 0 fully saturated rings. The number of hydrogen-bond acceptors (Lipinski definition) is 5. The van der Waals surface area contributed by atoms with Crippen LogP contribution in [0.5, 0.6) is 0 Å². The van der Waals surface area contributed by atoms with Crippen molar-refractivity contribution in [2.75, 3.05) is 5.32 Å². The third-order valence-corrected chi connectivity index (χ3v) is 5.07. The Hall–Kier alpha value is -3.19. The fraction of sp³-hybridized carbons (Fsp3) is 0.375. The maximum atomic E-state index is 13.9. The molecule has 6 nitrogen and oxygen atoms in total. The number of halogens is 13. The maximum absolute atomic E-state index is 13.9. The van der Waals surface area contributed by atoms with Crippen molar-refractivity contribution in [3.8, 4) is 11.3 Å². The van der Waals surface area contributed by atoms with Gasteiger partial charge in [0.25, 0.3) is 5.69 Å². The van der Waals surface area contributed by atoms with Crippen LogP contribution in [0, 0.1) is 10.1 Å². The number of nitrogens with zero attached hydrogens (tertiary/aromatic N) is 2. The number of alkyl halides is 13. The quantitative estimate of drug-likeness (QED) is 0.228. The van der Waals surface area contributed by atoms with Gasteiger partial charge in [-0.25, -0.2) is 4.98 Å². The lowest BCUT2D eigenvalue weighted by atomic mass is 9.93. The van der Waals surface area contributed by atoms with E-state index in [-0.39, 0.29) is 22.6 Å². The number of carbonyl (C=O) groups excluding carboxylic acids is 1. The Labute approximate surface area is 192 Å². The first-order valence-corrected chi connectivity index (χ1v) is 9.38. The molecule has 0 radical (unpaired) electrons. The first-order valence-electron chi connectivity index (χ1n) is 8.50. The number of nitro groups is 1. The zero-order chi connectivity index (χ0) is 28.1. The number of thiazole rings is 1. The van der Waals surface area contributed by atoms with Crippen molar-refractivity contribution < 1.29 is 66.8 Å². The molecule has 0 aliphatic rings. The topological polar surface area (TPSA) is 85.1 Å². The largest absolute Gasteiger partial charge is 0.460 e. The zero-order valence-corrected chi connectivity index (χ0v) is 17.1. The third-order valence-electron chi connectivity index (χ3n) is 4.32. The van der Waals surface area contributed by atoms with Crippen LogP contribution in [0.1, 0.15) is 0 Å². The molecule has 0 saturated carbocycles. The van der Waals surface area contributed by atoms with Crippen LogP contribution in [0.15, 0.2) is 29.6 Å². The second-order valence-electron chi connectivity index (χ2n) is 6.67. The Bertz CT molecular complexity index is 1150. The monoisotopic (exact) mass is 567 g/mol. The Balaban J connectivity index is 2.34. The molecule has 0 spiro atoms. The number of benzene rings is 1. The van der Waals surface area contributed by atoms with E-state index in [0.717, 1.165) is 35.0 Å². The van der Waals surface area contributed by atoms with Gasteiger partial charge in [-0.3, -0.25) is 20.2 Å². The van der Waals surface area contributed by atoms with Gasteiger partial charge in [0.2, 0.25) is 0 Å². The fourth-order valence-electron chi connectivity index (χ4n) is 2.31. The molecule has 1 amide bonds. The summed E-state index contributed by atoms with van der Waals surface area (Å²) in [5, 5.41) is 11.3. The second-order valence-corrected chi connectivity index (χ2v) is 7.52. The molecule has 200 valence electrons. The average Bonchev–Trinajstić information content (AvgIpc) is 3.20. The average molecular weight is 567 g/mol. The first-order chi connectivity index (χ1) is 16.0. The molecule has 0 unspecified atom stereocenters. The van der Waals surface area contributed by atoms with Crippen molar-refractivity contribution in [2.24, 2.45) is 0 Å². The van der Waals surface area contributed by atoms with Crippen LogP contribution in [-0.4, -0.2) is 51.6 Å². The van der Waals surface area contributed by atoms with Gasteiger partial charge in [-0.15, -0.1) is 11.3 Å².